The monoisotopic (exact) mass is 377 g/mol. The topological polar surface area (TPSA) is 64.4 Å². The molecule has 0 spiro atoms. The van der Waals surface area contributed by atoms with E-state index >= 15 is 0 Å². The first-order chi connectivity index (χ1) is 13.4. The first-order valence-electron chi connectivity index (χ1n) is 8.95. The van der Waals surface area contributed by atoms with Crippen LogP contribution in [0.25, 0.3) is 11.4 Å². The first kappa shape index (κ1) is 19.4. The predicted octanol–water partition coefficient (Wildman–Crippen LogP) is 3.20. The van der Waals surface area contributed by atoms with E-state index < -0.39 is 0 Å². The average Bonchev–Trinajstić information content (AvgIpc) is 2.69. The number of ether oxygens (including phenoxy) is 1. The Morgan fingerprint density at radius 1 is 1.11 bits per heavy atom. The highest BCUT2D eigenvalue weighted by molar-refractivity contribution is 5.93. The Hall–Kier alpha value is -3.41. The van der Waals surface area contributed by atoms with E-state index in [0.29, 0.717) is 17.3 Å². The van der Waals surface area contributed by atoms with E-state index in [0.717, 1.165) is 16.8 Å². The van der Waals surface area contributed by atoms with E-state index in [1.807, 2.05) is 43.3 Å². The lowest BCUT2D eigenvalue weighted by Gasteiger charge is -2.20. The molecule has 0 aliphatic heterocycles. The quantitative estimate of drug-likeness (QED) is 0.685. The summed E-state index contributed by atoms with van der Waals surface area (Å²) in [6.07, 6.45) is 0. The summed E-state index contributed by atoms with van der Waals surface area (Å²) >= 11 is 0. The van der Waals surface area contributed by atoms with Crippen molar-refractivity contribution in [1.29, 1.82) is 0 Å². The number of rotatable bonds is 5. The summed E-state index contributed by atoms with van der Waals surface area (Å²) in [6, 6.07) is 16.4. The number of nitrogens with zero attached hydrogens (tertiary/aromatic N) is 3. The molecule has 3 aromatic rings. The molecule has 0 bridgehead atoms. The summed E-state index contributed by atoms with van der Waals surface area (Å²) < 4.78 is 6.59. The number of methoxy groups -OCH3 is 1. The Morgan fingerprint density at radius 3 is 2.46 bits per heavy atom. The van der Waals surface area contributed by atoms with Crippen LogP contribution < -0.4 is 15.2 Å². The number of likely N-dealkylation sites (N-methyl/N-ethyl adjacent to an activating group) is 1. The van der Waals surface area contributed by atoms with Gasteiger partial charge in [-0.05, 0) is 55.8 Å². The summed E-state index contributed by atoms with van der Waals surface area (Å²) in [5, 5.41) is 0. The molecule has 0 aliphatic rings. The molecule has 0 saturated carbocycles. The second-order valence-electron chi connectivity index (χ2n) is 6.67. The highest BCUT2D eigenvalue weighted by Crippen LogP contribution is 2.21. The van der Waals surface area contributed by atoms with E-state index in [4.69, 9.17) is 4.74 Å². The van der Waals surface area contributed by atoms with E-state index in [9.17, 15) is 9.59 Å². The molecule has 0 atom stereocenters. The molecule has 3 rings (SSSR count). The minimum Gasteiger partial charge on any atom is -0.497 e. The van der Waals surface area contributed by atoms with Gasteiger partial charge in [-0.1, -0.05) is 12.1 Å². The number of hydrogen-bond acceptors (Lipinski definition) is 4. The first-order valence-corrected chi connectivity index (χ1v) is 8.95. The Kier molecular flexibility index (Phi) is 5.59. The number of aryl methyl sites for hydroxylation is 2. The van der Waals surface area contributed by atoms with Gasteiger partial charge in [0, 0.05) is 30.1 Å². The van der Waals surface area contributed by atoms with Crippen LogP contribution in [0.15, 0.2) is 59.4 Å². The van der Waals surface area contributed by atoms with Gasteiger partial charge in [-0.15, -0.1) is 0 Å². The molecule has 1 aromatic heterocycles. The van der Waals surface area contributed by atoms with E-state index in [1.54, 1.807) is 38.1 Å². The number of hydrogen-bond donors (Lipinski definition) is 0. The van der Waals surface area contributed by atoms with Crippen LogP contribution in [-0.4, -0.2) is 29.6 Å². The van der Waals surface area contributed by atoms with Crippen molar-refractivity contribution in [3.8, 4) is 17.1 Å². The average molecular weight is 377 g/mol. The summed E-state index contributed by atoms with van der Waals surface area (Å²) in [5.74, 6) is 0.965. The second-order valence-corrected chi connectivity index (χ2v) is 6.67. The van der Waals surface area contributed by atoms with Crippen LogP contribution in [0.5, 0.6) is 5.75 Å². The third-order valence-electron chi connectivity index (χ3n) is 4.54. The van der Waals surface area contributed by atoms with Crippen molar-refractivity contribution in [3.05, 3.63) is 76.2 Å². The fourth-order valence-electron chi connectivity index (χ4n) is 2.96. The minimum atomic E-state index is -0.260. The molecule has 6 heteroatoms. The van der Waals surface area contributed by atoms with Crippen molar-refractivity contribution >= 4 is 11.6 Å². The Balaban J connectivity index is 1.97. The number of anilines is 1. The molecule has 0 radical (unpaired) electrons. The number of carbonyl (C=O) groups is 1. The normalized spacial score (nSPS) is 10.6. The second kappa shape index (κ2) is 8.08. The van der Waals surface area contributed by atoms with Crippen LogP contribution >= 0.6 is 0 Å². The summed E-state index contributed by atoms with van der Waals surface area (Å²) in [4.78, 5) is 31.6. The van der Waals surface area contributed by atoms with Crippen LogP contribution in [-0.2, 0) is 11.3 Å². The van der Waals surface area contributed by atoms with Gasteiger partial charge in [0.2, 0.25) is 5.91 Å². The van der Waals surface area contributed by atoms with Crippen LogP contribution in [0.3, 0.4) is 0 Å². The third-order valence-corrected chi connectivity index (χ3v) is 4.54. The van der Waals surface area contributed by atoms with Gasteiger partial charge in [0.1, 0.15) is 18.1 Å². The Bertz CT molecular complexity index is 1060. The van der Waals surface area contributed by atoms with Gasteiger partial charge in [-0.3, -0.25) is 14.2 Å². The summed E-state index contributed by atoms with van der Waals surface area (Å²) in [7, 11) is 3.30. The molecule has 1 heterocycles. The Morgan fingerprint density at radius 2 is 1.82 bits per heavy atom. The van der Waals surface area contributed by atoms with Gasteiger partial charge in [-0.25, -0.2) is 4.98 Å². The summed E-state index contributed by atoms with van der Waals surface area (Å²) in [6.45, 7) is 3.63. The number of carbonyl (C=O) groups excluding carboxylic acids is 1. The van der Waals surface area contributed by atoms with Crippen LogP contribution in [0.4, 0.5) is 5.69 Å². The largest absolute Gasteiger partial charge is 0.497 e. The molecule has 0 unspecified atom stereocenters. The van der Waals surface area contributed by atoms with Crippen molar-refractivity contribution in [3.63, 3.8) is 0 Å². The molecule has 0 fully saturated rings. The van der Waals surface area contributed by atoms with Crippen molar-refractivity contribution in [2.45, 2.75) is 20.4 Å². The molecular weight excluding hydrogens is 354 g/mol. The highest BCUT2D eigenvalue weighted by Gasteiger charge is 2.17. The molecule has 2 aromatic carbocycles. The maximum absolute atomic E-state index is 12.9. The summed E-state index contributed by atoms with van der Waals surface area (Å²) in [5.41, 5.74) is 2.93. The smallest absolute Gasteiger partial charge is 0.254 e. The SMILES string of the molecule is COc1ccc(-c2nc(C)cc(=O)n2CC(=O)N(C)c2cccc(C)c2)cc1. The lowest BCUT2D eigenvalue weighted by Crippen LogP contribution is -2.35. The molecule has 0 saturated heterocycles. The number of amides is 1. The van der Waals surface area contributed by atoms with Crippen molar-refractivity contribution < 1.29 is 9.53 Å². The predicted molar refractivity (Wildman–Crippen MR) is 110 cm³/mol. The molecule has 0 N–H and O–H groups in total. The fourth-order valence-corrected chi connectivity index (χ4v) is 2.96. The molecular formula is C22H23N3O3. The van der Waals surface area contributed by atoms with Crippen molar-refractivity contribution in [1.82, 2.24) is 9.55 Å². The van der Waals surface area contributed by atoms with Gasteiger partial charge >= 0.3 is 0 Å². The molecule has 1 amide bonds. The van der Waals surface area contributed by atoms with Gasteiger partial charge in [0.25, 0.3) is 5.56 Å². The van der Waals surface area contributed by atoms with Gasteiger partial charge in [0.15, 0.2) is 0 Å². The highest BCUT2D eigenvalue weighted by atomic mass is 16.5. The van der Waals surface area contributed by atoms with Gasteiger partial charge in [-0.2, -0.15) is 0 Å². The van der Waals surface area contributed by atoms with E-state index in [2.05, 4.69) is 4.98 Å². The minimum absolute atomic E-state index is 0.0993. The number of aromatic nitrogens is 2. The maximum atomic E-state index is 12.9. The standard InChI is InChI=1S/C22H23N3O3/c1-15-6-5-7-18(12-15)24(3)21(27)14-25-20(26)13-16(2)23-22(25)17-8-10-19(28-4)11-9-17/h5-13H,14H2,1-4H3. The Labute approximate surface area is 164 Å². The lowest BCUT2D eigenvalue weighted by molar-refractivity contribution is -0.118. The molecule has 6 nitrogen and oxygen atoms in total. The third kappa shape index (κ3) is 4.11. The van der Waals surface area contributed by atoms with Crippen LogP contribution in [0, 0.1) is 13.8 Å². The zero-order valence-electron chi connectivity index (χ0n) is 16.5. The van der Waals surface area contributed by atoms with E-state index in [1.165, 1.54) is 10.6 Å². The molecule has 144 valence electrons. The van der Waals surface area contributed by atoms with Crippen molar-refractivity contribution in [2.24, 2.45) is 0 Å². The van der Waals surface area contributed by atoms with E-state index in [-0.39, 0.29) is 18.0 Å². The zero-order valence-corrected chi connectivity index (χ0v) is 16.5. The van der Waals surface area contributed by atoms with Crippen molar-refractivity contribution in [2.75, 3.05) is 19.1 Å². The number of benzene rings is 2. The molecule has 28 heavy (non-hydrogen) atoms. The lowest BCUT2D eigenvalue weighted by atomic mass is 10.2. The van der Waals surface area contributed by atoms with Crippen LogP contribution in [0.1, 0.15) is 11.3 Å². The van der Waals surface area contributed by atoms with Crippen LogP contribution in [0.2, 0.25) is 0 Å². The maximum Gasteiger partial charge on any atom is 0.254 e. The van der Waals surface area contributed by atoms with Gasteiger partial charge < -0.3 is 9.64 Å². The molecule has 0 aliphatic carbocycles. The van der Waals surface area contributed by atoms with Gasteiger partial charge in [0.05, 0.1) is 7.11 Å². The zero-order chi connectivity index (χ0) is 20.3. The fraction of sp³-hybridized carbons (Fsp3) is 0.227.